The first-order valence-corrected chi connectivity index (χ1v) is 10.2. The van der Waals surface area contributed by atoms with Crippen molar-refractivity contribution in [3.63, 3.8) is 0 Å². The van der Waals surface area contributed by atoms with Gasteiger partial charge in [0.05, 0.1) is 12.4 Å². The molecule has 0 saturated heterocycles. The first-order chi connectivity index (χ1) is 11.3. The topological polar surface area (TPSA) is 15.6 Å². The Kier molecular flexibility index (Phi) is 13.0. The molecule has 2 nitrogen and oxygen atoms in total. The molecular formula is C21H40N2. The maximum Gasteiger partial charge on any atom is 0.0987 e. The average molecular weight is 321 g/mol. The number of amidine groups is 1. The van der Waals surface area contributed by atoms with Gasteiger partial charge in [-0.25, -0.2) is 0 Å². The van der Waals surface area contributed by atoms with Crippen molar-refractivity contribution in [1.82, 2.24) is 4.90 Å². The molecule has 0 aromatic carbocycles. The van der Waals surface area contributed by atoms with E-state index in [-0.39, 0.29) is 0 Å². The van der Waals surface area contributed by atoms with E-state index in [9.17, 15) is 0 Å². The molecule has 0 N–H and O–H groups in total. The van der Waals surface area contributed by atoms with Crippen LogP contribution in [-0.4, -0.2) is 30.9 Å². The highest BCUT2D eigenvalue weighted by Gasteiger charge is 2.10. The number of hydrogen-bond donors (Lipinski definition) is 0. The van der Waals surface area contributed by atoms with Gasteiger partial charge in [0.2, 0.25) is 0 Å². The van der Waals surface area contributed by atoms with Gasteiger partial charge in [-0.15, -0.1) is 0 Å². The Morgan fingerprint density at radius 1 is 0.826 bits per heavy atom. The number of likely N-dealkylation sites (N-methyl/N-ethyl adjacent to an activating group) is 1. The van der Waals surface area contributed by atoms with Crippen LogP contribution in [0, 0.1) is 0 Å². The Labute approximate surface area is 145 Å². The minimum atomic E-state index is 1.01. The molecule has 0 atom stereocenters. The summed E-state index contributed by atoms with van der Waals surface area (Å²) in [5.74, 6) is 1.34. The number of unbranched alkanes of at least 4 members (excludes halogenated alkanes) is 11. The standard InChI is InChI=1S/C21H40N2/c1-3-4-5-6-7-8-9-10-11-12-13-14-15-16-17-18-21-22-19-20-23(21)2/h10-11H,3-9,12-20H2,1-2H3/b11-10-. The largest absolute Gasteiger partial charge is 0.362 e. The lowest BCUT2D eigenvalue weighted by Crippen LogP contribution is -2.22. The molecule has 0 saturated carbocycles. The lowest BCUT2D eigenvalue weighted by atomic mass is 10.1. The fourth-order valence-electron chi connectivity index (χ4n) is 3.20. The molecule has 0 spiro atoms. The van der Waals surface area contributed by atoms with Crippen LogP contribution in [0.5, 0.6) is 0 Å². The Morgan fingerprint density at radius 3 is 1.96 bits per heavy atom. The zero-order valence-electron chi connectivity index (χ0n) is 15.9. The van der Waals surface area contributed by atoms with Crippen LogP contribution in [0.15, 0.2) is 17.1 Å². The predicted molar refractivity (Wildman–Crippen MR) is 104 cm³/mol. The monoisotopic (exact) mass is 320 g/mol. The fourth-order valence-corrected chi connectivity index (χ4v) is 3.20. The van der Waals surface area contributed by atoms with Gasteiger partial charge < -0.3 is 4.90 Å². The molecule has 0 bridgehead atoms. The van der Waals surface area contributed by atoms with E-state index in [0.717, 1.165) is 13.1 Å². The van der Waals surface area contributed by atoms with Gasteiger partial charge in [0.25, 0.3) is 0 Å². The fraction of sp³-hybridized carbons (Fsp3) is 0.857. The van der Waals surface area contributed by atoms with Gasteiger partial charge in [0, 0.05) is 20.0 Å². The normalized spacial score (nSPS) is 14.9. The summed E-state index contributed by atoms with van der Waals surface area (Å²) in [7, 11) is 2.17. The highest BCUT2D eigenvalue weighted by atomic mass is 15.2. The predicted octanol–water partition coefficient (Wildman–Crippen LogP) is 6.37. The van der Waals surface area contributed by atoms with E-state index in [2.05, 4.69) is 36.0 Å². The third-order valence-corrected chi connectivity index (χ3v) is 4.83. The van der Waals surface area contributed by atoms with Crippen LogP contribution in [0.4, 0.5) is 0 Å². The van der Waals surface area contributed by atoms with Crippen molar-refractivity contribution in [2.24, 2.45) is 4.99 Å². The van der Waals surface area contributed by atoms with Crippen LogP contribution < -0.4 is 0 Å². The van der Waals surface area contributed by atoms with Crippen molar-refractivity contribution in [2.45, 2.75) is 96.8 Å². The molecule has 0 aliphatic carbocycles. The van der Waals surface area contributed by atoms with E-state index in [0.29, 0.717) is 0 Å². The van der Waals surface area contributed by atoms with Crippen molar-refractivity contribution in [3.8, 4) is 0 Å². The quantitative estimate of drug-likeness (QED) is 0.253. The lowest BCUT2D eigenvalue weighted by molar-refractivity contribution is 0.535. The summed E-state index contributed by atoms with van der Waals surface area (Å²) in [5, 5.41) is 0. The van der Waals surface area contributed by atoms with Crippen molar-refractivity contribution in [3.05, 3.63) is 12.2 Å². The molecule has 0 amide bonds. The highest BCUT2D eigenvalue weighted by molar-refractivity contribution is 5.83. The minimum Gasteiger partial charge on any atom is -0.362 e. The molecule has 0 radical (unpaired) electrons. The molecule has 1 aliphatic rings. The molecule has 1 aliphatic heterocycles. The van der Waals surface area contributed by atoms with E-state index >= 15 is 0 Å². The maximum atomic E-state index is 4.55. The zero-order chi connectivity index (χ0) is 16.6. The number of rotatable bonds is 15. The third kappa shape index (κ3) is 11.4. The molecule has 2 heteroatoms. The van der Waals surface area contributed by atoms with Gasteiger partial charge in [-0.1, -0.05) is 70.4 Å². The smallest absolute Gasteiger partial charge is 0.0987 e. The second-order valence-electron chi connectivity index (χ2n) is 7.05. The summed E-state index contributed by atoms with van der Waals surface area (Å²) in [5.41, 5.74) is 0. The number of hydrogen-bond acceptors (Lipinski definition) is 2. The van der Waals surface area contributed by atoms with Gasteiger partial charge in [0.15, 0.2) is 0 Å². The second-order valence-corrected chi connectivity index (χ2v) is 7.05. The summed E-state index contributed by atoms with van der Waals surface area (Å²) >= 11 is 0. The van der Waals surface area contributed by atoms with Crippen LogP contribution in [0.25, 0.3) is 0 Å². The van der Waals surface area contributed by atoms with Crippen molar-refractivity contribution < 1.29 is 0 Å². The number of nitrogens with zero attached hydrogens (tertiary/aromatic N) is 2. The molecule has 134 valence electrons. The van der Waals surface area contributed by atoms with Crippen molar-refractivity contribution in [1.29, 1.82) is 0 Å². The Morgan fingerprint density at radius 2 is 1.39 bits per heavy atom. The molecule has 1 rings (SSSR count). The maximum absolute atomic E-state index is 4.55. The second kappa shape index (κ2) is 14.8. The molecular weight excluding hydrogens is 280 g/mol. The SMILES string of the molecule is CCCCCCCC/C=C\CCCCCCCC1=NCCN1C. The van der Waals surface area contributed by atoms with E-state index in [1.807, 2.05) is 0 Å². The summed E-state index contributed by atoms with van der Waals surface area (Å²) in [6.45, 7) is 4.42. The highest BCUT2D eigenvalue weighted by Crippen LogP contribution is 2.12. The van der Waals surface area contributed by atoms with E-state index < -0.39 is 0 Å². The summed E-state index contributed by atoms with van der Waals surface area (Å²) in [4.78, 5) is 6.87. The van der Waals surface area contributed by atoms with Crippen LogP contribution >= 0.6 is 0 Å². The van der Waals surface area contributed by atoms with Gasteiger partial charge >= 0.3 is 0 Å². The summed E-state index contributed by atoms with van der Waals surface area (Å²) in [6, 6.07) is 0. The zero-order valence-corrected chi connectivity index (χ0v) is 15.9. The van der Waals surface area contributed by atoms with Gasteiger partial charge in [0.1, 0.15) is 0 Å². The van der Waals surface area contributed by atoms with Gasteiger partial charge in [-0.05, 0) is 32.1 Å². The summed E-state index contributed by atoms with van der Waals surface area (Å²) in [6.07, 6.45) is 23.9. The first-order valence-electron chi connectivity index (χ1n) is 10.2. The van der Waals surface area contributed by atoms with Crippen LogP contribution in [-0.2, 0) is 0 Å². The van der Waals surface area contributed by atoms with Crippen LogP contribution in [0.3, 0.4) is 0 Å². The van der Waals surface area contributed by atoms with Crippen molar-refractivity contribution >= 4 is 5.84 Å². The molecule has 0 fully saturated rings. The third-order valence-electron chi connectivity index (χ3n) is 4.83. The van der Waals surface area contributed by atoms with Crippen molar-refractivity contribution in [2.75, 3.05) is 20.1 Å². The molecule has 0 aromatic rings. The van der Waals surface area contributed by atoms with E-state index in [1.54, 1.807) is 0 Å². The van der Waals surface area contributed by atoms with E-state index in [4.69, 9.17) is 0 Å². The molecule has 0 aromatic heterocycles. The van der Waals surface area contributed by atoms with Gasteiger partial charge in [-0.2, -0.15) is 0 Å². The molecule has 23 heavy (non-hydrogen) atoms. The molecule has 0 unspecified atom stereocenters. The van der Waals surface area contributed by atoms with Crippen LogP contribution in [0.2, 0.25) is 0 Å². The number of aliphatic imine (C=N–C) groups is 1. The van der Waals surface area contributed by atoms with Gasteiger partial charge in [-0.3, -0.25) is 4.99 Å². The number of allylic oxidation sites excluding steroid dienone is 2. The Balaban J connectivity index is 1.76. The Bertz CT molecular complexity index is 320. The molecule has 1 heterocycles. The first kappa shape index (κ1) is 20.3. The summed E-state index contributed by atoms with van der Waals surface area (Å²) < 4.78 is 0. The lowest BCUT2D eigenvalue weighted by Gasteiger charge is -2.13. The van der Waals surface area contributed by atoms with E-state index in [1.165, 1.54) is 95.7 Å². The minimum absolute atomic E-state index is 1.01. The van der Waals surface area contributed by atoms with Crippen LogP contribution in [0.1, 0.15) is 96.8 Å². The Hall–Kier alpha value is -0.790. The average Bonchev–Trinajstić information content (AvgIpc) is 2.96.